The Morgan fingerprint density at radius 1 is 1.17 bits per heavy atom. The third kappa shape index (κ3) is 1.64. The van der Waals surface area contributed by atoms with Crippen LogP contribution in [0.1, 0.15) is 32.1 Å². The van der Waals surface area contributed by atoms with Gasteiger partial charge < -0.3 is 10.6 Å². The lowest BCUT2D eigenvalue weighted by atomic mass is 9.88. The van der Waals surface area contributed by atoms with Crippen LogP contribution in [-0.2, 0) is 0 Å². The van der Waals surface area contributed by atoms with Crippen molar-refractivity contribution in [1.82, 2.24) is 4.90 Å². The van der Waals surface area contributed by atoms with Crippen LogP contribution >= 0.6 is 0 Å². The highest BCUT2D eigenvalue weighted by atomic mass is 15.2. The lowest BCUT2D eigenvalue weighted by molar-refractivity contribution is 0.0791. The second kappa shape index (κ2) is 3.75. The van der Waals surface area contributed by atoms with Crippen LogP contribution < -0.4 is 5.73 Å². The molecule has 12 heavy (non-hydrogen) atoms. The van der Waals surface area contributed by atoms with Crippen LogP contribution in [0.4, 0.5) is 0 Å². The summed E-state index contributed by atoms with van der Waals surface area (Å²) in [6.07, 6.45) is 7.07. The molecular weight excluding hydrogens is 148 g/mol. The van der Waals surface area contributed by atoms with E-state index in [2.05, 4.69) is 4.90 Å². The van der Waals surface area contributed by atoms with E-state index >= 15 is 0 Å². The van der Waals surface area contributed by atoms with Crippen molar-refractivity contribution in [2.24, 2.45) is 11.7 Å². The molecule has 70 valence electrons. The Hall–Kier alpha value is -0.0800. The Balaban J connectivity index is 1.81. The molecule has 2 nitrogen and oxygen atoms in total. The Kier molecular flexibility index (Phi) is 2.66. The predicted molar refractivity (Wildman–Crippen MR) is 51.0 cm³/mol. The highest BCUT2D eigenvalue weighted by molar-refractivity contribution is 4.84. The fourth-order valence-electron chi connectivity index (χ4n) is 2.37. The minimum atomic E-state index is 0.791. The standard InChI is InChI=1S/C10H20N2/c11-7-9-3-2-6-12(8-9)10-4-1-5-10/h9-10H,1-8,11H2/t9-/m0/s1. The van der Waals surface area contributed by atoms with Crippen LogP contribution in [0.15, 0.2) is 0 Å². The molecule has 0 aromatic rings. The molecule has 2 aliphatic rings. The van der Waals surface area contributed by atoms with Gasteiger partial charge in [-0.25, -0.2) is 0 Å². The average Bonchev–Trinajstić information content (AvgIpc) is 2.02. The van der Waals surface area contributed by atoms with E-state index in [0.29, 0.717) is 0 Å². The fraction of sp³-hybridized carbons (Fsp3) is 1.00. The van der Waals surface area contributed by atoms with Crippen LogP contribution in [0.5, 0.6) is 0 Å². The maximum Gasteiger partial charge on any atom is 0.00954 e. The number of piperidine rings is 1. The molecule has 0 unspecified atom stereocenters. The van der Waals surface area contributed by atoms with E-state index in [4.69, 9.17) is 5.73 Å². The molecule has 1 aliphatic heterocycles. The second-order valence-electron chi connectivity index (χ2n) is 4.32. The molecule has 1 aliphatic carbocycles. The molecule has 0 spiro atoms. The van der Waals surface area contributed by atoms with Crippen LogP contribution in [-0.4, -0.2) is 30.6 Å². The van der Waals surface area contributed by atoms with Gasteiger partial charge in [0.05, 0.1) is 0 Å². The van der Waals surface area contributed by atoms with Crippen LogP contribution in [0.3, 0.4) is 0 Å². The molecule has 1 heterocycles. The Morgan fingerprint density at radius 2 is 2.00 bits per heavy atom. The molecule has 0 bridgehead atoms. The van der Waals surface area contributed by atoms with E-state index < -0.39 is 0 Å². The van der Waals surface area contributed by atoms with E-state index in [0.717, 1.165) is 18.5 Å². The van der Waals surface area contributed by atoms with Gasteiger partial charge >= 0.3 is 0 Å². The summed E-state index contributed by atoms with van der Waals surface area (Å²) in [6, 6.07) is 0.930. The minimum Gasteiger partial charge on any atom is -0.330 e. The smallest absolute Gasteiger partial charge is 0.00954 e. The highest BCUT2D eigenvalue weighted by Crippen LogP contribution is 2.28. The number of likely N-dealkylation sites (tertiary alicyclic amines) is 1. The van der Waals surface area contributed by atoms with E-state index in [-0.39, 0.29) is 0 Å². The van der Waals surface area contributed by atoms with Gasteiger partial charge in [-0.1, -0.05) is 6.42 Å². The van der Waals surface area contributed by atoms with E-state index in [1.807, 2.05) is 0 Å². The zero-order valence-electron chi connectivity index (χ0n) is 7.84. The van der Waals surface area contributed by atoms with Crippen molar-refractivity contribution in [3.63, 3.8) is 0 Å². The highest BCUT2D eigenvalue weighted by Gasteiger charge is 2.28. The van der Waals surface area contributed by atoms with Crippen molar-refractivity contribution in [3.8, 4) is 0 Å². The normalized spacial score (nSPS) is 33.2. The number of nitrogens with two attached hydrogens (primary N) is 1. The molecule has 0 amide bonds. The van der Waals surface area contributed by atoms with Gasteiger partial charge in [-0.05, 0) is 44.7 Å². The van der Waals surface area contributed by atoms with Gasteiger partial charge in [-0.15, -0.1) is 0 Å². The summed E-state index contributed by atoms with van der Waals surface area (Å²) in [6.45, 7) is 3.51. The van der Waals surface area contributed by atoms with Crippen molar-refractivity contribution in [3.05, 3.63) is 0 Å². The van der Waals surface area contributed by atoms with Crippen molar-refractivity contribution in [2.75, 3.05) is 19.6 Å². The predicted octanol–water partition coefficient (Wildman–Crippen LogP) is 1.21. The SMILES string of the molecule is NC[C@@H]1CCCN(C2CCC2)C1. The minimum absolute atomic E-state index is 0.791. The van der Waals surface area contributed by atoms with Crippen molar-refractivity contribution < 1.29 is 0 Å². The van der Waals surface area contributed by atoms with E-state index in [1.54, 1.807) is 0 Å². The Labute approximate surface area is 75.1 Å². The van der Waals surface area contributed by atoms with Crippen LogP contribution in [0, 0.1) is 5.92 Å². The first-order valence-electron chi connectivity index (χ1n) is 5.34. The molecule has 1 saturated carbocycles. The van der Waals surface area contributed by atoms with Crippen LogP contribution in [0.25, 0.3) is 0 Å². The van der Waals surface area contributed by atoms with Gasteiger partial charge in [0.1, 0.15) is 0 Å². The topological polar surface area (TPSA) is 29.3 Å². The van der Waals surface area contributed by atoms with Crippen molar-refractivity contribution in [2.45, 2.75) is 38.1 Å². The largest absolute Gasteiger partial charge is 0.330 e. The summed E-state index contributed by atoms with van der Waals surface area (Å²) in [5.74, 6) is 0.791. The molecule has 1 saturated heterocycles. The number of hydrogen-bond donors (Lipinski definition) is 1. The third-order valence-electron chi connectivity index (χ3n) is 3.47. The van der Waals surface area contributed by atoms with Gasteiger partial charge in [0.2, 0.25) is 0 Å². The van der Waals surface area contributed by atoms with Crippen molar-refractivity contribution in [1.29, 1.82) is 0 Å². The molecule has 2 heteroatoms. The second-order valence-corrected chi connectivity index (χ2v) is 4.32. The lowest BCUT2D eigenvalue weighted by Gasteiger charge is -2.42. The molecule has 1 atom stereocenters. The summed E-state index contributed by atoms with van der Waals surface area (Å²) < 4.78 is 0. The molecule has 0 aromatic carbocycles. The van der Waals surface area contributed by atoms with Gasteiger partial charge in [-0.2, -0.15) is 0 Å². The third-order valence-corrected chi connectivity index (χ3v) is 3.47. The van der Waals surface area contributed by atoms with Crippen LogP contribution in [0.2, 0.25) is 0 Å². The Bertz CT molecular complexity index is 143. The molecule has 2 fully saturated rings. The lowest BCUT2D eigenvalue weighted by Crippen LogP contribution is -2.47. The Morgan fingerprint density at radius 3 is 2.58 bits per heavy atom. The monoisotopic (exact) mass is 168 g/mol. The number of nitrogens with zero attached hydrogens (tertiary/aromatic N) is 1. The maximum atomic E-state index is 5.70. The van der Waals surface area contributed by atoms with Gasteiger partial charge in [0, 0.05) is 12.6 Å². The van der Waals surface area contributed by atoms with Crippen molar-refractivity contribution >= 4 is 0 Å². The molecular formula is C10H20N2. The molecule has 0 radical (unpaired) electrons. The summed E-state index contributed by atoms with van der Waals surface area (Å²) in [5.41, 5.74) is 5.70. The van der Waals surface area contributed by atoms with E-state index in [1.165, 1.54) is 45.2 Å². The summed E-state index contributed by atoms with van der Waals surface area (Å²) in [5, 5.41) is 0. The first-order valence-corrected chi connectivity index (χ1v) is 5.34. The molecule has 2 N–H and O–H groups in total. The maximum absolute atomic E-state index is 5.70. The summed E-state index contributed by atoms with van der Waals surface area (Å²) >= 11 is 0. The zero-order chi connectivity index (χ0) is 8.39. The fourth-order valence-corrected chi connectivity index (χ4v) is 2.37. The number of hydrogen-bond acceptors (Lipinski definition) is 2. The summed E-state index contributed by atoms with van der Waals surface area (Å²) in [7, 11) is 0. The van der Waals surface area contributed by atoms with Gasteiger partial charge in [0.15, 0.2) is 0 Å². The molecule has 2 rings (SSSR count). The van der Waals surface area contributed by atoms with E-state index in [9.17, 15) is 0 Å². The number of rotatable bonds is 2. The first kappa shape index (κ1) is 8.52. The average molecular weight is 168 g/mol. The zero-order valence-corrected chi connectivity index (χ0v) is 7.84. The summed E-state index contributed by atoms with van der Waals surface area (Å²) in [4.78, 5) is 2.67. The molecule has 0 aromatic heterocycles. The quantitative estimate of drug-likeness (QED) is 0.671. The van der Waals surface area contributed by atoms with Gasteiger partial charge in [0.25, 0.3) is 0 Å². The van der Waals surface area contributed by atoms with Gasteiger partial charge in [-0.3, -0.25) is 0 Å². The first-order chi connectivity index (χ1) is 5.90.